The molecule has 1 aliphatic rings. The van der Waals surface area contributed by atoms with Crippen LogP contribution in [0, 0.1) is 0 Å². The van der Waals surface area contributed by atoms with Crippen LogP contribution in [-0.4, -0.2) is 35.2 Å². The molecular formula is C6H13ClN2O2. The van der Waals surface area contributed by atoms with Crippen molar-refractivity contribution in [2.24, 2.45) is 5.73 Å². The van der Waals surface area contributed by atoms with Crippen LogP contribution in [-0.2, 0) is 0 Å². The second kappa shape index (κ2) is 4.41. The van der Waals surface area contributed by atoms with Gasteiger partial charge in [-0.3, -0.25) is 0 Å². The number of amides is 1. The van der Waals surface area contributed by atoms with Gasteiger partial charge in [0.1, 0.15) is 0 Å². The normalized spacial score (nSPS) is 24.1. The first-order chi connectivity index (χ1) is 4.70. The number of nitrogens with zero attached hydrogens (tertiary/aromatic N) is 1. The Morgan fingerprint density at radius 1 is 1.64 bits per heavy atom. The van der Waals surface area contributed by atoms with Crippen molar-refractivity contribution >= 4 is 18.5 Å². The maximum atomic E-state index is 10.4. The van der Waals surface area contributed by atoms with Crippen LogP contribution < -0.4 is 5.73 Å². The SMILES string of the molecule is Cl.N[C@H]1CCCN(C(=O)O)C1. The Bertz CT molecular complexity index is 143. The first kappa shape index (κ1) is 10.5. The van der Waals surface area contributed by atoms with E-state index in [-0.39, 0.29) is 18.4 Å². The number of halogens is 1. The number of carboxylic acid groups (broad SMARTS) is 1. The summed E-state index contributed by atoms with van der Waals surface area (Å²) in [5.74, 6) is 0. The van der Waals surface area contributed by atoms with Crippen LogP contribution in [0.2, 0.25) is 0 Å². The molecule has 0 aromatic carbocycles. The second-order valence-corrected chi connectivity index (χ2v) is 2.63. The Labute approximate surface area is 71.8 Å². The molecule has 0 spiro atoms. The molecule has 0 saturated carbocycles. The summed E-state index contributed by atoms with van der Waals surface area (Å²) < 4.78 is 0. The molecule has 0 radical (unpaired) electrons. The third-order valence-electron chi connectivity index (χ3n) is 1.73. The molecule has 0 aromatic heterocycles. The van der Waals surface area contributed by atoms with Gasteiger partial charge in [0.25, 0.3) is 0 Å². The van der Waals surface area contributed by atoms with E-state index in [0.717, 1.165) is 12.8 Å². The molecule has 0 unspecified atom stereocenters. The van der Waals surface area contributed by atoms with Crippen LogP contribution in [0.4, 0.5) is 4.79 Å². The molecule has 1 saturated heterocycles. The molecule has 66 valence electrons. The van der Waals surface area contributed by atoms with E-state index < -0.39 is 6.09 Å². The van der Waals surface area contributed by atoms with Gasteiger partial charge in [-0.1, -0.05) is 0 Å². The lowest BCUT2D eigenvalue weighted by molar-refractivity contribution is 0.131. The van der Waals surface area contributed by atoms with Crippen molar-refractivity contribution in [2.45, 2.75) is 18.9 Å². The zero-order chi connectivity index (χ0) is 7.56. The van der Waals surface area contributed by atoms with Gasteiger partial charge in [0.15, 0.2) is 0 Å². The molecule has 4 nitrogen and oxygen atoms in total. The zero-order valence-electron chi connectivity index (χ0n) is 6.19. The fraction of sp³-hybridized carbons (Fsp3) is 0.833. The average Bonchev–Trinajstić information content (AvgIpc) is 1.88. The van der Waals surface area contributed by atoms with E-state index in [0.29, 0.717) is 13.1 Å². The Kier molecular flexibility index (Phi) is 4.22. The third kappa shape index (κ3) is 2.95. The fourth-order valence-electron chi connectivity index (χ4n) is 1.18. The van der Waals surface area contributed by atoms with E-state index in [9.17, 15) is 4.79 Å². The van der Waals surface area contributed by atoms with E-state index in [4.69, 9.17) is 10.8 Å². The number of rotatable bonds is 0. The van der Waals surface area contributed by atoms with Gasteiger partial charge in [0, 0.05) is 19.1 Å². The predicted octanol–water partition coefficient (Wildman–Crippen LogP) is 0.509. The Morgan fingerprint density at radius 3 is 2.64 bits per heavy atom. The Morgan fingerprint density at radius 2 is 2.27 bits per heavy atom. The van der Waals surface area contributed by atoms with Gasteiger partial charge < -0.3 is 15.7 Å². The molecule has 5 heteroatoms. The summed E-state index contributed by atoms with van der Waals surface area (Å²) in [6.45, 7) is 1.14. The van der Waals surface area contributed by atoms with Gasteiger partial charge in [-0.25, -0.2) is 4.79 Å². The average molecular weight is 181 g/mol. The Hall–Kier alpha value is -0.480. The Balaban J connectivity index is 0.000001000. The largest absolute Gasteiger partial charge is 0.465 e. The molecule has 1 rings (SSSR count). The molecule has 3 N–H and O–H groups in total. The number of likely N-dealkylation sites (tertiary alicyclic amines) is 1. The van der Waals surface area contributed by atoms with E-state index in [1.165, 1.54) is 4.90 Å². The van der Waals surface area contributed by atoms with Crippen LogP contribution in [0.15, 0.2) is 0 Å². The van der Waals surface area contributed by atoms with E-state index in [1.807, 2.05) is 0 Å². The number of carbonyl (C=O) groups is 1. The molecule has 0 bridgehead atoms. The molecule has 1 heterocycles. The first-order valence-electron chi connectivity index (χ1n) is 3.43. The number of hydrogen-bond donors (Lipinski definition) is 2. The fourth-order valence-corrected chi connectivity index (χ4v) is 1.18. The summed E-state index contributed by atoms with van der Waals surface area (Å²) in [5.41, 5.74) is 5.56. The van der Waals surface area contributed by atoms with Crippen molar-refractivity contribution in [1.82, 2.24) is 4.90 Å². The predicted molar refractivity (Wildman–Crippen MR) is 44.1 cm³/mol. The van der Waals surface area contributed by atoms with E-state index in [1.54, 1.807) is 0 Å². The molecular weight excluding hydrogens is 168 g/mol. The van der Waals surface area contributed by atoms with Gasteiger partial charge in [0.2, 0.25) is 0 Å². The van der Waals surface area contributed by atoms with Crippen molar-refractivity contribution in [1.29, 1.82) is 0 Å². The maximum Gasteiger partial charge on any atom is 0.407 e. The monoisotopic (exact) mass is 180 g/mol. The van der Waals surface area contributed by atoms with Crippen LogP contribution in [0.25, 0.3) is 0 Å². The van der Waals surface area contributed by atoms with Gasteiger partial charge in [-0.2, -0.15) is 0 Å². The lowest BCUT2D eigenvalue weighted by Crippen LogP contribution is -2.45. The number of piperidine rings is 1. The van der Waals surface area contributed by atoms with Crippen molar-refractivity contribution in [3.05, 3.63) is 0 Å². The summed E-state index contributed by atoms with van der Waals surface area (Å²) >= 11 is 0. The van der Waals surface area contributed by atoms with E-state index in [2.05, 4.69) is 0 Å². The number of nitrogens with two attached hydrogens (primary N) is 1. The van der Waals surface area contributed by atoms with Crippen LogP contribution in [0.1, 0.15) is 12.8 Å². The minimum Gasteiger partial charge on any atom is -0.465 e. The van der Waals surface area contributed by atoms with Crippen molar-refractivity contribution in [3.8, 4) is 0 Å². The molecule has 1 aliphatic heterocycles. The van der Waals surface area contributed by atoms with Crippen molar-refractivity contribution in [3.63, 3.8) is 0 Å². The van der Waals surface area contributed by atoms with Crippen LogP contribution in [0.3, 0.4) is 0 Å². The highest BCUT2D eigenvalue weighted by Crippen LogP contribution is 2.07. The number of hydrogen-bond acceptors (Lipinski definition) is 2. The first-order valence-corrected chi connectivity index (χ1v) is 3.43. The summed E-state index contributed by atoms with van der Waals surface area (Å²) in [6, 6.07) is 0.0462. The highest BCUT2D eigenvalue weighted by atomic mass is 35.5. The molecule has 1 amide bonds. The topological polar surface area (TPSA) is 66.6 Å². The van der Waals surface area contributed by atoms with Gasteiger partial charge >= 0.3 is 6.09 Å². The molecule has 1 atom stereocenters. The molecule has 0 aromatic rings. The lowest BCUT2D eigenvalue weighted by Gasteiger charge is -2.27. The van der Waals surface area contributed by atoms with Crippen LogP contribution >= 0.6 is 12.4 Å². The third-order valence-corrected chi connectivity index (χ3v) is 1.73. The van der Waals surface area contributed by atoms with Crippen molar-refractivity contribution < 1.29 is 9.90 Å². The molecule has 0 aliphatic carbocycles. The second-order valence-electron chi connectivity index (χ2n) is 2.63. The summed E-state index contributed by atoms with van der Waals surface area (Å²) in [4.78, 5) is 11.7. The standard InChI is InChI=1S/C6H12N2O2.ClH/c7-5-2-1-3-8(4-5)6(9)10;/h5H,1-4,7H2,(H,9,10);1H/t5-;/m0./s1. The summed E-state index contributed by atoms with van der Waals surface area (Å²) in [6.07, 6.45) is 0.993. The molecule has 1 fully saturated rings. The van der Waals surface area contributed by atoms with Crippen molar-refractivity contribution in [2.75, 3.05) is 13.1 Å². The van der Waals surface area contributed by atoms with Gasteiger partial charge in [0.05, 0.1) is 0 Å². The highest BCUT2D eigenvalue weighted by molar-refractivity contribution is 5.85. The van der Waals surface area contributed by atoms with E-state index >= 15 is 0 Å². The maximum absolute atomic E-state index is 10.4. The lowest BCUT2D eigenvalue weighted by atomic mass is 10.1. The van der Waals surface area contributed by atoms with Crippen LogP contribution in [0.5, 0.6) is 0 Å². The van der Waals surface area contributed by atoms with Gasteiger partial charge in [-0.05, 0) is 12.8 Å². The highest BCUT2D eigenvalue weighted by Gasteiger charge is 2.19. The summed E-state index contributed by atoms with van der Waals surface area (Å²) in [7, 11) is 0. The molecule has 11 heavy (non-hydrogen) atoms. The minimum absolute atomic E-state index is 0. The minimum atomic E-state index is -0.852. The quantitative estimate of drug-likeness (QED) is 0.571. The van der Waals surface area contributed by atoms with Gasteiger partial charge in [-0.15, -0.1) is 12.4 Å². The summed E-state index contributed by atoms with van der Waals surface area (Å²) in [5, 5.41) is 8.53. The smallest absolute Gasteiger partial charge is 0.407 e. The zero-order valence-corrected chi connectivity index (χ0v) is 7.01.